The minimum Gasteiger partial charge on any atom is -0.497 e. The van der Waals surface area contributed by atoms with Crippen LogP contribution in [0.2, 0.25) is 10.0 Å². The Morgan fingerprint density at radius 3 is 2.04 bits per heavy atom. The third kappa shape index (κ3) is 5.16. The van der Waals surface area contributed by atoms with Gasteiger partial charge in [0.05, 0.1) is 17.2 Å². The third-order valence-electron chi connectivity index (χ3n) is 2.90. The second-order valence-electron chi connectivity index (χ2n) is 4.63. The zero-order valence-electron chi connectivity index (χ0n) is 12.2. The van der Waals surface area contributed by atoms with Gasteiger partial charge in [0.1, 0.15) is 12.2 Å². The smallest absolute Gasteiger partial charge is 0.233 e. The molecule has 2 rings (SSSR count). The molecule has 0 saturated carbocycles. The van der Waals surface area contributed by atoms with E-state index < -0.39 is 11.8 Å². The number of methoxy groups -OCH3 is 1. The number of benzene rings is 2. The summed E-state index contributed by atoms with van der Waals surface area (Å²) >= 11 is 11.7. The summed E-state index contributed by atoms with van der Waals surface area (Å²) in [5.41, 5.74) is 1.06. The predicted molar refractivity (Wildman–Crippen MR) is 91.3 cm³/mol. The van der Waals surface area contributed by atoms with E-state index in [1.54, 1.807) is 43.5 Å². The molecule has 0 aromatic heterocycles. The molecule has 0 bridgehead atoms. The van der Waals surface area contributed by atoms with E-state index in [1.165, 1.54) is 6.07 Å². The summed E-state index contributed by atoms with van der Waals surface area (Å²) in [6.07, 6.45) is -0.313. The maximum atomic E-state index is 11.8. The number of hydrogen-bond acceptors (Lipinski definition) is 3. The first-order valence-electron chi connectivity index (χ1n) is 6.67. The molecule has 2 amide bonds. The Morgan fingerprint density at radius 1 is 0.913 bits per heavy atom. The van der Waals surface area contributed by atoms with Gasteiger partial charge in [-0.2, -0.15) is 0 Å². The summed E-state index contributed by atoms with van der Waals surface area (Å²) in [7, 11) is 1.56. The highest BCUT2D eigenvalue weighted by Gasteiger charge is 2.11. The lowest BCUT2D eigenvalue weighted by atomic mass is 10.2. The largest absolute Gasteiger partial charge is 0.497 e. The number of anilines is 2. The zero-order valence-corrected chi connectivity index (χ0v) is 13.7. The van der Waals surface area contributed by atoms with Gasteiger partial charge < -0.3 is 15.4 Å². The Balaban J connectivity index is 1.88. The van der Waals surface area contributed by atoms with Gasteiger partial charge >= 0.3 is 0 Å². The van der Waals surface area contributed by atoms with E-state index in [1.807, 2.05) is 0 Å². The Labute approximate surface area is 143 Å². The van der Waals surface area contributed by atoms with Crippen LogP contribution in [-0.4, -0.2) is 18.9 Å². The summed E-state index contributed by atoms with van der Waals surface area (Å²) < 4.78 is 5.03. The number of nitrogens with one attached hydrogen (secondary N) is 2. The summed E-state index contributed by atoms with van der Waals surface area (Å²) in [5.74, 6) is -0.192. The van der Waals surface area contributed by atoms with E-state index >= 15 is 0 Å². The lowest BCUT2D eigenvalue weighted by Gasteiger charge is -2.08. The minimum absolute atomic E-state index is 0.313. The van der Waals surface area contributed by atoms with Crippen LogP contribution in [-0.2, 0) is 9.59 Å². The number of amides is 2. The Kier molecular flexibility index (Phi) is 5.84. The second-order valence-corrected chi connectivity index (χ2v) is 5.44. The van der Waals surface area contributed by atoms with Gasteiger partial charge in [-0.1, -0.05) is 23.2 Å². The van der Waals surface area contributed by atoms with Crippen molar-refractivity contribution in [3.05, 3.63) is 52.5 Å². The standard InChI is InChI=1S/C16H14Cl2N2O3/c1-23-12-5-2-10(3-6-12)19-15(21)9-16(22)20-11-4-7-13(17)14(18)8-11/h2-8H,9H2,1H3,(H,19,21)(H,20,22). The molecule has 5 nitrogen and oxygen atoms in total. The van der Waals surface area contributed by atoms with E-state index in [0.717, 1.165) is 0 Å². The third-order valence-corrected chi connectivity index (χ3v) is 3.64. The molecule has 7 heteroatoms. The zero-order chi connectivity index (χ0) is 16.8. The normalized spacial score (nSPS) is 10.0. The van der Waals surface area contributed by atoms with Crippen LogP contribution < -0.4 is 15.4 Å². The Morgan fingerprint density at radius 2 is 1.48 bits per heavy atom. The number of halogens is 2. The fourth-order valence-electron chi connectivity index (χ4n) is 1.80. The average Bonchev–Trinajstić information content (AvgIpc) is 2.51. The molecular formula is C16H14Cl2N2O3. The van der Waals surface area contributed by atoms with E-state index in [0.29, 0.717) is 27.2 Å². The van der Waals surface area contributed by atoms with Gasteiger partial charge in [-0.3, -0.25) is 9.59 Å². The van der Waals surface area contributed by atoms with Crippen molar-refractivity contribution in [3.8, 4) is 5.75 Å². The van der Waals surface area contributed by atoms with Crippen molar-refractivity contribution in [1.82, 2.24) is 0 Å². The summed E-state index contributed by atoms with van der Waals surface area (Å²) in [6, 6.07) is 11.5. The molecule has 2 N–H and O–H groups in total. The van der Waals surface area contributed by atoms with Crippen LogP contribution in [0.25, 0.3) is 0 Å². The van der Waals surface area contributed by atoms with Crippen molar-refractivity contribution in [2.24, 2.45) is 0 Å². The highest BCUT2D eigenvalue weighted by Crippen LogP contribution is 2.25. The number of rotatable bonds is 5. The van der Waals surface area contributed by atoms with Gasteiger partial charge in [-0.05, 0) is 42.5 Å². The molecule has 0 aliphatic rings. The molecule has 0 radical (unpaired) electrons. The van der Waals surface area contributed by atoms with Crippen LogP contribution in [0.3, 0.4) is 0 Å². The first-order valence-corrected chi connectivity index (χ1v) is 7.42. The SMILES string of the molecule is COc1ccc(NC(=O)CC(=O)Nc2ccc(Cl)c(Cl)c2)cc1. The molecule has 120 valence electrons. The number of ether oxygens (including phenoxy) is 1. The number of carbonyl (C=O) groups excluding carboxylic acids is 2. The van der Waals surface area contributed by atoms with E-state index in [4.69, 9.17) is 27.9 Å². The first-order chi connectivity index (χ1) is 11.0. The lowest BCUT2D eigenvalue weighted by Crippen LogP contribution is -2.21. The highest BCUT2D eigenvalue weighted by molar-refractivity contribution is 6.42. The van der Waals surface area contributed by atoms with Crippen LogP contribution in [0.5, 0.6) is 5.75 Å². The maximum Gasteiger partial charge on any atom is 0.233 e. The van der Waals surface area contributed by atoms with Crippen LogP contribution >= 0.6 is 23.2 Å². The monoisotopic (exact) mass is 352 g/mol. The van der Waals surface area contributed by atoms with Crippen molar-refractivity contribution in [3.63, 3.8) is 0 Å². The van der Waals surface area contributed by atoms with Gasteiger partial charge in [0.25, 0.3) is 0 Å². The van der Waals surface area contributed by atoms with Crippen molar-refractivity contribution in [2.75, 3.05) is 17.7 Å². The average molecular weight is 353 g/mol. The Hall–Kier alpha value is -2.24. The summed E-state index contributed by atoms with van der Waals surface area (Å²) in [5, 5.41) is 5.93. The first kappa shape index (κ1) is 17.1. The van der Waals surface area contributed by atoms with Gasteiger partial charge in [0.15, 0.2) is 0 Å². The van der Waals surface area contributed by atoms with Crippen molar-refractivity contribution in [2.45, 2.75) is 6.42 Å². The molecule has 0 saturated heterocycles. The van der Waals surface area contributed by atoms with Crippen LogP contribution in [0.4, 0.5) is 11.4 Å². The molecular weight excluding hydrogens is 339 g/mol. The lowest BCUT2D eigenvalue weighted by molar-refractivity contribution is -0.123. The molecule has 0 unspecified atom stereocenters. The molecule has 0 heterocycles. The van der Waals surface area contributed by atoms with Gasteiger partial charge in [-0.15, -0.1) is 0 Å². The second kappa shape index (κ2) is 7.85. The van der Waals surface area contributed by atoms with Crippen molar-refractivity contribution < 1.29 is 14.3 Å². The van der Waals surface area contributed by atoms with Crippen molar-refractivity contribution in [1.29, 1.82) is 0 Å². The number of hydrogen-bond donors (Lipinski definition) is 2. The van der Waals surface area contributed by atoms with Crippen LogP contribution in [0, 0.1) is 0 Å². The molecule has 23 heavy (non-hydrogen) atoms. The fraction of sp³-hybridized carbons (Fsp3) is 0.125. The molecule has 0 aliphatic heterocycles. The van der Waals surface area contributed by atoms with Gasteiger partial charge in [-0.25, -0.2) is 0 Å². The predicted octanol–water partition coefficient (Wildman–Crippen LogP) is 3.97. The molecule has 2 aromatic carbocycles. The fourth-order valence-corrected chi connectivity index (χ4v) is 2.10. The molecule has 0 atom stereocenters. The highest BCUT2D eigenvalue weighted by atomic mass is 35.5. The molecule has 0 aliphatic carbocycles. The van der Waals surface area contributed by atoms with Crippen LogP contribution in [0.15, 0.2) is 42.5 Å². The molecule has 0 spiro atoms. The minimum atomic E-state index is -0.450. The van der Waals surface area contributed by atoms with E-state index in [2.05, 4.69) is 10.6 Å². The van der Waals surface area contributed by atoms with E-state index in [-0.39, 0.29) is 6.42 Å². The molecule has 2 aromatic rings. The quantitative estimate of drug-likeness (QED) is 0.800. The van der Waals surface area contributed by atoms with Crippen LogP contribution in [0.1, 0.15) is 6.42 Å². The Bertz CT molecular complexity index is 718. The van der Waals surface area contributed by atoms with E-state index in [9.17, 15) is 9.59 Å². The topological polar surface area (TPSA) is 67.4 Å². The van der Waals surface area contributed by atoms with Gasteiger partial charge in [0, 0.05) is 11.4 Å². The summed E-state index contributed by atoms with van der Waals surface area (Å²) in [6.45, 7) is 0. The van der Waals surface area contributed by atoms with Gasteiger partial charge in [0.2, 0.25) is 11.8 Å². The maximum absolute atomic E-state index is 11.8. The molecule has 0 fully saturated rings. The summed E-state index contributed by atoms with van der Waals surface area (Å²) in [4.78, 5) is 23.7. The number of carbonyl (C=O) groups is 2. The van der Waals surface area contributed by atoms with Crippen molar-refractivity contribution >= 4 is 46.4 Å².